The van der Waals surface area contributed by atoms with E-state index in [2.05, 4.69) is 15.4 Å². The van der Waals surface area contributed by atoms with E-state index in [9.17, 15) is 9.59 Å². The maximum absolute atomic E-state index is 11.0. The Morgan fingerprint density at radius 1 is 1.33 bits per heavy atom. The monoisotopic (exact) mass is 215 g/mol. The van der Waals surface area contributed by atoms with Gasteiger partial charge in [0.15, 0.2) is 0 Å². The second-order valence-electron chi connectivity index (χ2n) is 2.94. The Morgan fingerprint density at radius 2 is 2.00 bits per heavy atom. The fourth-order valence-electron chi connectivity index (χ4n) is 0.678. The van der Waals surface area contributed by atoms with E-state index in [0.717, 1.165) is 0 Å². The minimum atomic E-state index is -0.417. The largest absolute Gasteiger partial charge is 0.466 e. The molecule has 0 bridgehead atoms. The van der Waals surface area contributed by atoms with Gasteiger partial charge in [0.2, 0.25) is 0 Å². The average molecular weight is 215 g/mol. The molecular weight excluding hydrogens is 198 g/mol. The lowest BCUT2D eigenvalue weighted by atomic mass is 10.5. The summed E-state index contributed by atoms with van der Waals surface area (Å²) in [6, 6.07) is -0.145. The normalized spacial score (nSPS) is 9.80. The van der Waals surface area contributed by atoms with Crippen LogP contribution >= 0.6 is 0 Å². The number of nitrogens with one attached hydrogen (secondary N) is 2. The first kappa shape index (κ1) is 13.3. The third-order valence-corrected chi connectivity index (χ3v) is 1.49. The third-order valence-electron chi connectivity index (χ3n) is 1.49. The number of nitrogens with zero attached hydrogens (tertiary/aromatic N) is 1. The lowest BCUT2D eigenvalue weighted by molar-refractivity contribution is -0.134. The fourth-order valence-corrected chi connectivity index (χ4v) is 0.678. The number of esters is 1. The summed E-state index contributed by atoms with van der Waals surface area (Å²) in [5.41, 5.74) is 0. The average Bonchev–Trinajstić information content (AvgIpc) is 2.22. The zero-order chi connectivity index (χ0) is 11.7. The van der Waals surface area contributed by atoms with Crippen LogP contribution in [0.3, 0.4) is 0 Å². The van der Waals surface area contributed by atoms with E-state index in [1.807, 2.05) is 0 Å². The van der Waals surface area contributed by atoms with Gasteiger partial charge in [0.25, 0.3) is 0 Å². The molecule has 0 aliphatic carbocycles. The second-order valence-corrected chi connectivity index (χ2v) is 2.94. The number of urea groups is 1. The number of carbonyl (C=O) groups is 2. The van der Waals surface area contributed by atoms with Crippen molar-refractivity contribution < 1.29 is 14.3 Å². The lowest BCUT2D eigenvalue weighted by Gasteiger charge is -2.11. The van der Waals surface area contributed by atoms with Gasteiger partial charge in [0, 0.05) is 39.5 Å². The van der Waals surface area contributed by atoms with E-state index < -0.39 is 5.97 Å². The quantitative estimate of drug-likeness (QED) is 0.369. The van der Waals surface area contributed by atoms with Crippen LogP contribution in [0.4, 0.5) is 4.79 Å². The summed E-state index contributed by atoms with van der Waals surface area (Å²) in [5.74, 6) is -0.417. The molecule has 0 heterocycles. The number of carbonyl (C=O) groups excluding carboxylic acids is 2. The lowest BCUT2D eigenvalue weighted by Crippen LogP contribution is -2.37. The highest BCUT2D eigenvalue weighted by Crippen LogP contribution is 1.76. The van der Waals surface area contributed by atoms with Crippen LogP contribution in [0.15, 0.2) is 12.3 Å². The number of ether oxygens (including phenoxy) is 1. The van der Waals surface area contributed by atoms with Crippen LogP contribution in [-0.2, 0) is 9.53 Å². The highest BCUT2D eigenvalue weighted by molar-refractivity contribution is 5.81. The summed E-state index contributed by atoms with van der Waals surface area (Å²) < 4.78 is 4.38. The molecule has 0 unspecified atom stereocenters. The first-order chi connectivity index (χ1) is 7.07. The van der Waals surface area contributed by atoms with Crippen LogP contribution in [0, 0.1) is 0 Å². The van der Waals surface area contributed by atoms with Crippen LogP contribution in [-0.4, -0.2) is 51.2 Å². The van der Waals surface area contributed by atoms with Crippen molar-refractivity contribution in [2.24, 2.45) is 0 Å². The molecule has 2 N–H and O–H groups in total. The van der Waals surface area contributed by atoms with Crippen LogP contribution in [0.2, 0.25) is 0 Å². The van der Waals surface area contributed by atoms with Gasteiger partial charge in [-0.15, -0.1) is 0 Å². The molecule has 0 spiro atoms. The molecule has 0 saturated carbocycles. The number of amides is 2. The molecule has 0 fully saturated rings. The molecule has 0 aromatic rings. The summed E-state index contributed by atoms with van der Waals surface area (Å²) in [6.07, 6.45) is 2.75. The highest BCUT2D eigenvalue weighted by Gasteiger charge is 1.99. The van der Waals surface area contributed by atoms with Crippen molar-refractivity contribution in [3.8, 4) is 0 Å². The van der Waals surface area contributed by atoms with Gasteiger partial charge in [-0.1, -0.05) is 0 Å². The third kappa shape index (κ3) is 7.36. The van der Waals surface area contributed by atoms with E-state index in [4.69, 9.17) is 0 Å². The van der Waals surface area contributed by atoms with E-state index in [1.54, 1.807) is 14.1 Å². The van der Waals surface area contributed by atoms with Crippen molar-refractivity contribution in [3.63, 3.8) is 0 Å². The second kappa shape index (κ2) is 7.66. The standard InChI is InChI=1S/C9H17N3O3/c1-12(2)9(14)11-7-6-10-5-4-8(13)15-3/h4-5,10H,6-7H2,1-3H3,(H,11,14)/b5-4+. The Bertz CT molecular complexity index is 239. The van der Waals surface area contributed by atoms with E-state index in [0.29, 0.717) is 13.1 Å². The molecular formula is C9H17N3O3. The molecule has 0 saturated heterocycles. The van der Waals surface area contributed by atoms with Crippen LogP contribution in [0.1, 0.15) is 0 Å². The van der Waals surface area contributed by atoms with Crippen molar-refractivity contribution in [2.75, 3.05) is 34.3 Å². The predicted octanol–water partition coefficient (Wildman–Crippen LogP) is -0.466. The van der Waals surface area contributed by atoms with Gasteiger partial charge < -0.3 is 20.3 Å². The van der Waals surface area contributed by atoms with Gasteiger partial charge in [-0.3, -0.25) is 0 Å². The molecule has 86 valence electrons. The molecule has 0 radical (unpaired) electrons. The summed E-state index contributed by atoms with van der Waals surface area (Å²) in [6.45, 7) is 1.04. The molecule has 0 rings (SSSR count). The van der Waals surface area contributed by atoms with E-state index >= 15 is 0 Å². The number of hydrogen-bond acceptors (Lipinski definition) is 4. The summed E-state index contributed by atoms with van der Waals surface area (Å²) >= 11 is 0. The molecule has 15 heavy (non-hydrogen) atoms. The summed E-state index contributed by atoms with van der Waals surface area (Å²) in [4.78, 5) is 23.1. The molecule has 0 aliphatic heterocycles. The molecule has 6 nitrogen and oxygen atoms in total. The minimum absolute atomic E-state index is 0.145. The number of hydrogen-bond donors (Lipinski definition) is 2. The van der Waals surface area contributed by atoms with Crippen molar-refractivity contribution >= 4 is 12.0 Å². The zero-order valence-electron chi connectivity index (χ0n) is 9.24. The van der Waals surface area contributed by atoms with Gasteiger partial charge in [0.1, 0.15) is 0 Å². The highest BCUT2D eigenvalue weighted by atomic mass is 16.5. The van der Waals surface area contributed by atoms with Gasteiger partial charge in [0.05, 0.1) is 7.11 Å². The van der Waals surface area contributed by atoms with E-state index in [-0.39, 0.29) is 6.03 Å². The molecule has 0 aliphatic rings. The summed E-state index contributed by atoms with van der Waals surface area (Å²) in [7, 11) is 4.64. The minimum Gasteiger partial charge on any atom is -0.466 e. The predicted molar refractivity (Wildman–Crippen MR) is 56.2 cm³/mol. The Labute approximate surface area is 89.3 Å². The summed E-state index contributed by atoms with van der Waals surface area (Å²) in [5, 5.41) is 5.49. The SMILES string of the molecule is COC(=O)/C=C/NCCNC(=O)N(C)C. The Morgan fingerprint density at radius 3 is 2.53 bits per heavy atom. The molecule has 0 aromatic heterocycles. The van der Waals surface area contributed by atoms with Crippen LogP contribution < -0.4 is 10.6 Å². The van der Waals surface area contributed by atoms with Crippen molar-refractivity contribution in [1.82, 2.24) is 15.5 Å². The van der Waals surface area contributed by atoms with Gasteiger partial charge in [-0.05, 0) is 0 Å². The first-order valence-corrected chi connectivity index (χ1v) is 4.51. The number of methoxy groups -OCH3 is 1. The Kier molecular flexibility index (Phi) is 6.78. The van der Waals surface area contributed by atoms with Crippen molar-refractivity contribution in [2.45, 2.75) is 0 Å². The van der Waals surface area contributed by atoms with Gasteiger partial charge in [-0.2, -0.15) is 0 Å². The maximum atomic E-state index is 11.0. The topological polar surface area (TPSA) is 70.7 Å². The smallest absolute Gasteiger partial charge is 0.331 e. The first-order valence-electron chi connectivity index (χ1n) is 4.51. The van der Waals surface area contributed by atoms with Gasteiger partial charge in [-0.25, -0.2) is 9.59 Å². The van der Waals surface area contributed by atoms with Crippen molar-refractivity contribution in [3.05, 3.63) is 12.3 Å². The molecule has 0 aromatic carbocycles. The fraction of sp³-hybridized carbons (Fsp3) is 0.556. The zero-order valence-corrected chi connectivity index (χ0v) is 9.24. The Hall–Kier alpha value is -1.72. The maximum Gasteiger partial charge on any atom is 0.331 e. The molecule has 0 atom stereocenters. The van der Waals surface area contributed by atoms with Crippen LogP contribution in [0.25, 0.3) is 0 Å². The van der Waals surface area contributed by atoms with Crippen molar-refractivity contribution in [1.29, 1.82) is 0 Å². The molecule has 2 amide bonds. The van der Waals surface area contributed by atoms with Gasteiger partial charge >= 0.3 is 12.0 Å². The van der Waals surface area contributed by atoms with E-state index in [1.165, 1.54) is 24.3 Å². The molecule has 6 heteroatoms. The Balaban J connectivity index is 3.44. The number of rotatable bonds is 5. The van der Waals surface area contributed by atoms with Crippen LogP contribution in [0.5, 0.6) is 0 Å².